The molecule has 0 spiro atoms. The second-order valence-electron chi connectivity index (χ2n) is 4.28. The van der Waals surface area contributed by atoms with Gasteiger partial charge >= 0.3 is 0 Å². The summed E-state index contributed by atoms with van der Waals surface area (Å²) in [4.78, 5) is 18.2. The number of alkyl halides is 1. The van der Waals surface area contributed by atoms with E-state index in [-0.39, 0.29) is 18.1 Å². The normalized spacial score (nSPS) is 24.1. The first-order chi connectivity index (χ1) is 8.61. The van der Waals surface area contributed by atoms with Gasteiger partial charge in [-0.3, -0.25) is 4.79 Å². The number of halogens is 2. The highest BCUT2D eigenvalue weighted by atomic mass is 79.9. The molecule has 0 N–H and O–H groups in total. The van der Waals surface area contributed by atoms with Crippen LogP contribution in [0.2, 0.25) is 0 Å². The third kappa shape index (κ3) is 3.02. The topological polar surface area (TPSA) is 42.4 Å². The molecule has 1 fully saturated rings. The van der Waals surface area contributed by atoms with E-state index in [9.17, 15) is 4.79 Å². The summed E-state index contributed by atoms with van der Waals surface area (Å²) in [6, 6.07) is 3.57. The van der Waals surface area contributed by atoms with Gasteiger partial charge in [-0.15, -0.1) is 11.6 Å². The third-order valence-electron chi connectivity index (χ3n) is 2.88. The van der Waals surface area contributed by atoms with E-state index in [4.69, 9.17) is 16.3 Å². The second kappa shape index (κ2) is 5.99. The predicted molar refractivity (Wildman–Crippen MR) is 72.9 cm³/mol. The van der Waals surface area contributed by atoms with E-state index in [0.717, 1.165) is 4.47 Å². The number of aromatic nitrogens is 1. The van der Waals surface area contributed by atoms with Gasteiger partial charge in [-0.2, -0.15) is 0 Å². The first-order valence-corrected chi connectivity index (χ1v) is 7.04. The molecule has 2 rings (SSSR count). The molecular formula is C12H14BrClN2O2. The van der Waals surface area contributed by atoms with Crippen LogP contribution < -0.4 is 0 Å². The van der Waals surface area contributed by atoms with Crippen LogP contribution in [-0.2, 0) is 4.74 Å². The van der Waals surface area contributed by atoms with Gasteiger partial charge in [0.2, 0.25) is 0 Å². The standard InChI is InChI=1S/C12H14BrClN2O2/c1-8-7-18-10(4-14)6-16(8)12(17)11-3-2-9(13)5-15-11/h2-3,5,8,10H,4,6-7H2,1H3. The predicted octanol–water partition coefficient (Wildman–Crippen LogP) is 2.31. The van der Waals surface area contributed by atoms with Crippen molar-refractivity contribution in [2.45, 2.75) is 19.1 Å². The first kappa shape index (κ1) is 13.8. The number of ether oxygens (including phenoxy) is 1. The van der Waals surface area contributed by atoms with Crippen molar-refractivity contribution in [3.8, 4) is 0 Å². The fraction of sp³-hybridized carbons (Fsp3) is 0.500. The van der Waals surface area contributed by atoms with Crippen LogP contribution >= 0.6 is 27.5 Å². The van der Waals surface area contributed by atoms with Crippen molar-refractivity contribution >= 4 is 33.4 Å². The van der Waals surface area contributed by atoms with Crippen LogP contribution in [0, 0.1) is 0 Å². The van der Waals surface area contributed by atoms with E-state index in [1.807, 2.05) is 13.0 Å². The zero-order valence-corrected chi connectivity index (χ0v) is 12.3. The van der Waals surface area contributed by atoms with Crippen molar-refractivity contribution < 1.29 is 9.53 Å². The van der Waals surface area contributed by atoms with Crippen LogP contribution in [0.25, 0.3) is 0 Å². The Morgan fingerprint density at radius 2 is 2.44 bits per heavy atom. The molecule has 0 radical (unpaired) electrons. The second-order valence-corrected chi connectivity index (χ2v) is 5.50. The van der Waals surface area contributed by atoms with Crippen molar-refractivity contribution in [1.82, 2.24) is 9.88 Å². The average molecular weight is 334 g/mol. The van der Waals surface area contributed by atoms with Crippen LogP contribution in [-0.4, -0.2) is 47.0 Å². The van der Waals surface area contributed by atoms with Gasteiger partial charge in [-0.05, 0) is 35.0 Å². The first-order valence-electron chi connectivity index (χ1n) is 5.72. The summed E-state index contributed by atoms with van der Waals surface area (Å²) in [6.07, 6.45) is 1.53. The van der Waals surface area contributed by atoms with Crippen molar-refractivity contribution in [3.63, 3.8) is 0 Å². The number of nitrogens with zero attached hydrogens (tertiary/aromatic N) is 2. The van der Waals surface area contributed by atoms with Gasteiger partial charge in [-0.25, -0.2) is 4.98 Å². The Balaban J connectivity index is 2.13. The third-order valence-corrected chi connectivity index (χ3v) is 3.70. The highest BCUT2D eigenvalue weighted by Crippen LogP contribution is 2.16. The molecule has 0 aliphatic carbocycles. The van der Waals surface area contributed by atoms with Crippen molar-refractivity contribution in [1.29, 1.82) is 0 Å². The Kier molecular flexibility index (Phi) is 4.59. The van der Waals surface area contributed by atoms with Crippen molar-refractivity contribution in [2.24, 2.45) is 0 Å². The smallest absolute Gasteiger partial charge is 0.272 e. The fourth-order valence-corrected chi connectivity index (χ4v) is 2.26. The molecule has 0 bridgehead atoms. The summed E-state index contributed by atoms with van der Waals surface area (Å²) in [5.74, 6) is 0.318. The van der Waals surface area contributed by atoms with Gasteiger partial charge < -0.3 is 9.64 Å². The Hall–Kier alpha value is -0.650. The molecular weight excluding hydrogens is 320 g/mol. The Morgan fingerprint density at radius 1 is 1.67 bits per heavy atom. The van der Waals surface area contributed by atoms with Crippen LogP contribution in [0.3, 0.4) is 0 Å². The van der Waals surface area contributed by atoms with E-state index < -0.39 is 0 Å². The van der Waals surface area contributed by atoms with Crippen LogP contribution in [0.5, 0.6) is 0 Å². The number of amides is 1. The minimum atomic E-state index is -0.0951. The van der Waals surface area contributed by atoms with Crippen LogP contribution in [0.4, 0.5) is 0 Å². The van der Waals surface area contributed by atoms with Crippen molar-refractivity contribution in [3.05, 3.63) is 28.5 Å². The molecule has 2 heterocycles. The maximum absolute atomic E-state index is 12.3. The molecule has 4 nitrogen and oxygen atoms in total. The molecule has 1 aromatic rings. The fourth-order valence-electron chi connectivity index (χ4n) is 1.84. The summed E-state index contributed by atoms with van der Waals surface area (Å²) in [7, 11) is 0. The molecule has 1 aliphatic rings. The van der Waals surface area contributed by atoms with Gasteiger partial charge in [0, 0.05) is 17.2 Å². The molecule has 0 saturated carbocycles. The van der Waals surface area contributed by atoms with Crippen LogP contribution in [0.1, 0.15) is 17.4 Å². The lowest BCUT2D eigenvalue weighted by Crippen LogP contribution is -2.51. The molecule has 1 aromatic heterocycles. The number of pyridine rings is 1. The maximum Gasteiger partial charge on any atom is 0.272 e. The summed E-state index contributed by atoms with van der Waals surface area (Å²) < 4.78 is 6.38. The number of carbonyl (C=O) groups is 1. The number of hydrogen-bond donors (Lipinski definition) is 0. The quantitative estimate of drug-likeness (QED) is 0.780. The van der Waals surface area contributed by atoms with Gasteiger partial charge in [0.15, 0.2) is 0 Å². The van der Waals surface area contributed by atoms with E-state index >= 15 is 0 Å². The number of carbonyl (C=O) groups excluding carboxylic acids is 1. The molecule has 98 valence electrons. The SMILES string of the molecule is CC1COC(CCl)CN1C(=O)c1ccc(Br)cn1. The lowest BCUT2D eigenvalue weighted by molar-refractivity contribution is -0.0373. The van der Waals surface area contributed by atoms with Crippen LogP contribution in [0.15, 0.2) is 22.8 Å². The van der Waals surface area contributed by atoms with Gasteiger partial charge in [-0.1, -0.05) is 0 Å². The minimum Gasteiger partial charge on any atom is -0.373 e. The summed E-state index contributed by atoms with van der Waals surface area (Å²) in [5, 5.41) is 0. The zero-order valence-electron chi connectivity index (χ0n) is 9.97. The molecule has 18 heavy (non-hydrogen) atoms. The zero-order chi connectivity index (χ0) is 13.1. The lowest BCUT2D eigenvalue weighted by atomic mass is 10.2. The molecule has 0 aromatic carbocycles. The largest absolute Gasteiger partial charge is 0.373 e. The average Bonchev–Trinajstić information content (AvgIpc) is 2.39. The number of rotatable bonds is 2. The molecule has 1 amide bonds. The molecule has 1 aliphatic heterocycles. The molecule has 2 atom stereocenters. The van der Waals surface area contributed by atoms with Gasteiger partial charge in [0.25, 0.3) is 5.91 Å². The van der Waals surface area contributed by atoms with Gasteiger partial charge in [0.1, 0.15) is 5.69 Å². The monoisotopic (exact) mass is 332 g/mol. The molecule has 2 unspecified atom stereocenters. The summed E-state index contributed by atoms with van der Waals surface area (Å²) in [5.41, 5.74) is 0.445. The Bertz CT molecular complexity index is 427. The molecule has 6 heteroatoms. The number of morpholine rings is 1. The number of hydrogen-bond acceptors (Lipinski definition) is 3. The molecule has 1 saturated heterocycles. The summed E-state index contributed by atoms with van der Waals surface area (Å²) in [6.45, 7) is 2.99. The van der Waals surface area contributed by atoms with Crippen molar-refractivity contribution in [2.75, 3.05) is 19.0 Å². The maximum atomic E-state index is 12.3. The minimum absolute atomic E-state index is 0.0439. The highest BCUT2D eigenvalue weighted by Gasteiger charge is 2.30. The van der Waals surface area contributed by atoms with Gasteiger partial charge in [0.05, 0.1) is 24.6 Å². The van der Waals surface area contributed by atoms with E-state index in [0.29, 0.717) is 24.7 Å². The highest BCUT2D eigenvalue weighted by molar-refractivity contribution is 9.10. The van der Waals surface area contributed by atoms with E-state index in [2.05, 4.69) is 20.9 Å². The Labute approximate surface area is 119 Å². The van der Waals surface area contributed by atoms with E-state index in [1.165, 1.54) is 0 Å². The Morgan fingerprint density at radius 3 is 3.06 bits per heavy atom. The lowest BCUT2D eigenvalue weighted by Gasteiger charge is -2.37. The summed E-state index contributed by atoms with van der Waals surface area (Å²) >= 11 is 9.08. The van der Waals surface area contributed by atoms with E-state index in [1.54, 1.807) is 17.2 Å².